The molecular formula is C13H19NO. The van der Waals surface area contributed by atoms with Crippen molar-refractivity contribution < 1.29 is 5.11 Å². The van der Waals surface area contributed by atoms with Gasteiger partial charge in [0.25, 0.3) is 0 Å². The molecule has 0 bridgehead atoms. The van der Waals surface area contributed by atoms with E-state index < -0.39 is 0 Å². The summed E-state index contributed by atoms with van der Waals surface area (Å²) in [5.41, 5.74) is 1.39. The molecule has 0 aliphatic carbocycles. The normalized spacial score (nSPS) is 22.1. The largest absolute Gasteiger partial charge is 0.395 e. The van der Waals surface area contributed by atoms with E-state index in [4.69, 9.17) is 0 Å². The summed E-state index contributed by atoms with van der Waals surface area (Å²) in [6.07, 6.45) is 3.49. The molecule has 1 aliphatic rings. The van der Waals surface area contributed by atoms with Crippen molar-refractivity contribution in [1.82, 2.24) is 4.90 Å². The minimum atomic E-state index is 0.314. The summed E-state index contributed by atoms with van der Waals surface area (Å²) in [4.78, 5) is 2.41. The van der Waals surface area contributed by atoms with Crippen molar-refractivity contribution in [2.45, 2.75) is 25.3 Å². The van der Waals surface area contributed by atoms with Crippen molar-refractivity contribution in [2.75, 3.05) is 19.7 Å². The average molecular weight is 205 g/mol. The van der Waals surface area contributed by atoms with E-state index in [1.165, 1.54) is 12.0 Å². The third kappa shape index (κ3) is 2.80. The lowest BCUT2D eigenvalue weighted by Crippen LogP contribution is -2.33. The number of rotatable bonds is 4. The van der Waals surface area contributed by atoms with Crippen LogP contribution in [0.25, 0.3) is 0 Å². The van der Waals surface area contributed by atoms with Crippen molar-refractivity contribution in [3.8, 4) is 0 Å². The predicted octanol–water partition coefficient (Wildman–Crippen LogP) is 1.69. The summed E-state index contributed by atoms with van der Waals surface area (Å²) >= 11 is 0. The van der Waals surface area contributed by atoms with E-state index in [0.29, 0.717) is 12.6 Å². The van der Waals surface area contributed by atoms with E-state index in [1.807, 2.05) is 0 Å². The summed E-state index contributed by atoms with van der Waals surface area (Å²) in [6, 6.07) is 11.0. The molecule has 2 rings (SSSR count). The van der Waals surface area contributed by atoms with Gasteiger partial charge in [0.2, 0.25) is 0 Å². The van der Waals surface area contributed by atoms with Crippen LogP contribution < -0.4 is 0 Å². The highest BCUT2D eigenvalue weighted by atomic mass is 16.3. The Morgan fingerprint density at radius 2 is 2.07 bits per heavy atom. The Labute approximate surface area is 91.5 Å². The van der Waals surface area contributed by atoms with Crippen molar-refractivity contribution in [2.24, 2.45) is 0 Å². The maximum atomic E-state index is 9.19. The fourth-order valence-corrected chi connectivity index (χ4v) is 2.31. The molecule has 15 heavy (non-hydrogen) atoms. The summed E-state index contributed by atoms with van der Waals surface area (Å²) in [6.45, 7) is 2.54. The van der Waals surface area contributed by atoms with Gasteiger partial charge in [-0.05, 0) is 31.4 Å². The first kappa shape index (κ1) is 10.7. The number of benzene rings is 1. The molecule has 1 N–H and O–H groups in total. The van der Waals surface area contributed by atoms with E-state index in [2.05, 4.69) is 35.2 Å². The third-order valence-corrected chi connectivity index (χ3v) is 3.24. The summed E-state index contributed by atoms with van der Waals surface area (Å²) < 4.78 is 0. The Morgan fingerprint density at radius 3 is 2.80 bits per heavy atom. The van der Waals surface area contributed by atoms with Gasteiger partial charge in [0.05, 0.1) is 6.61 Å². The lowest BCUT2D eigenvalue weighted by molar-refractivity contribution is 0.160. The second-order valence-corrected chi connectivity index (χ2v) is 4.25. The number of aliphatic hydroxyl groups excluding tert-OH is 1. The van der Waals surface area contributed by atoms with Crippen LogP contribution in [-0.2, 0) is 6.42 Å². The summed E-state index contributed by atoms with van der Waals surface area (Å²) in [5.74, 6) is 0. The zero-order chi connectivity index (χ0) is 10.5. The lowest BCUT2D eigenvalue weighted by atomic mass is 10.1. The zero-order valence-corrected chi connectivity index (χ0v) is 9.10. The van der Waals surface area contributed by atoms with E-state index >= 15 is 0 Å². The molecule has 1 atom stereocenters. The molecule has 1 fully saturated rings. The van der Waals surface area contributed by atoms with Crippen molar-refractivity contribution in [3.05, 3.63) is 35.9 Å². The van der Waals surface area contributed by atoms with Gasteiger partial charge < -0.3 is 5.11 Å². The smallest absolute Gasteiger partial charge is 0.0586 e. The fraction of sp³-hybridized carbons (Fsp3) is 0.538. The van der Waals surface area contributed by atoms with Crippen LogP contribution in [0.4, 0.5) is 0 Å². The Morgan fingerprint density at radius 1 is 1.27 bits per heavy atom. The Kier molecular flexibility index (Phi) is 3.75. The molecule has 1 heterocycles. The fourth-order valence-electron chi connectivity index (χ4n) is 2.31. The number of aliphatic hydroxyl groups is 1. The highest BCUT2D eigenvalue weighted by Gasteiger charge is 2.22. The minimum absolute atomic E-state index is 0.314. The van der Waals surface area contributed by atoms with Crippen LogP contribution in [0.2, 0.25) is 0 Å². The third-order valence-electron chi connectivity index (χ3n) is 3.24. The zero-order valence-electron chi connectivity index (χ0n) is 9.10. The molecule has 0 radical (unpaired) electrons. The van der Waals surface area contributed by atoms with E-state index in [-0.39, 0.29) is 0 Å². The van der Waals surface area contributed by atoms with E-state index in [9.17, 15) is 5.11 Å². The predicted molar refractivity (Wildman–Crippen MR) is 61.8 cm³/mol. The second-order valence-electron chi connectivity index (χ2n) is 4.25. The number of hydrogen-bond donors (Lipinski definition) is 1. The number of nitrogens with zero attached hydrogens (tertiary/aromatic N) is 1. The SMILES string of the molecule is OC[C@@H]1CCCN1CCc1ccccc1. The Balaban J connectivity index is 1.83. The van der Waals surface area contributed by atoms with E-state index in [0.717, 1.165) is 25.9 Å². The van der Waals surface area contributed by atoms with Crippen molar-refractivity contribution in [3.63, 3.8) is 0 Å². The monoisotopic (exact) mass is 205 g/mol. The van der Waals surface area contributed by atoms with Gasteiger partial charge in [-0.3, -0.25) is 4.90 Å². The molecule has 1 aromatic carbocycles. The molecular weight excluding hydrogens is 186 g/mol. The van der Waals surface area contributed by atoms with Crippen LogP contribution in [0.1, 0.15) is 18.4 Å². The number of hydrogen-bond acceptors (Lipinski definition) is 2. The van der Waals surface area contributed by atoms with Crippen LogP contribution in [0.3, 0.4) is 0 Å². The van der Waals surface area contributed by atoms with Crippen LogP contribution in [-0.4, -0.2) is 35.7 Å². The quantitative estimate of drug-likeness (QED) is 0.808. The molecule has 1 aromatic rings. The van der Waals surface area contributed by atoms with Gasteiger partial charge in [-0.15, -0.1) is 0 Å². The summed E-state index contributed by atoms with van der Waals surface area (Å²) in [7, 11) is 0. The van der Waals surface area contributed by atoms with Crippen molar-refractivity contribution in [1.29, 1.82) is 0 Å². The van der Waals surface area contributed by atoms with Crippen LogP contribution in [0.15, 0.2) is 30.3 Å². The molecule has 0 unspecified atom stereocenters. The van der Waals surface area contributed by atoms with Gasteiger partial charge in [0.15, 0.2) is 0 Å². The maximum absolute atomic E-state index is 9.19. The van der Waals surface area contributed by atoms with Gasteiger partial charge >= 0.3 is 0 Å². The highest BCUT2D eigenvalue weighted by molar-refractivity contribution is 5.14. The molecule has 2 heteroatoms. The average Bonchev–Trinajstić information content (AvgIpc) is 2.75. The first-order valence-electron chi connectivity index (χ1n) is 5.79. The van der Waals surface area contributed by atoms with Gasteiger partial charge in [-0.25, -0.2) is 0 Å². The van der Waals surface area contributed by atoms with Crippen LogP contribution in [0, 0.1) is 0 Å². The molecule has 1 aliphatic heterocycles. The molecule has 2 nitrogen and oxygen atoms in total. The van der Waals surface area contributed by atoms with Gasteiger partial charge in [-0.2, -0.15) is 0 Å². The standard InChI is InChI=1S/C13H19NO/c15-11-13-7-4-9-14(13)10-8-12-5-2-1-3-6-12/h1-3,5-6,13,15H,4,7-11H2/t13-/m0/s1. The number of likely N-dealkylation sites (tertiary alicyclic amines) is 1. The van der Waals surface area contributed by atoms with Crippen molar-refractivity contribution >= 4 is 0 Å². The topological polar surface area (TPSA) is 23.5 Å². The van der Waals surface area contributed by atoms with Crippen LogP contribution in [0.5, 0.6) is 0 Å². The second kappa shape index (κ2) is 5.29. The van der Waals surface area contributed by atoms with E-state index in [1.54, 1.807) is 0 Å². The molecule has 0 spiro atoms. The van der Waals surface area contributed by atoms with Gasteiger partial charge in [-0.1, -0.05) is 30.3 Å². The van der Waals surface area contributed by atoms with Gasteiger partial charge in [0.1, 0.15) is 0 Å². The molecule has 1 saturated heterocycles. The molecule has 0 amide bonds. The van der Waals surface area contributed by atoms with Gasteiger partial charge in [0, 0.05) is 12.6 Å². The maximum Gasteiger partial charge on any atom is 0.0586 e. The lowest BCUT2D eigenvalue weighted by Gasteiger charge is -2.22. The first-order valence-corrected chi connectivity index (χ1v) is 5.79. The summed E-state index contributed by atoms with van der Waals surface area (Å²) in [5, 5.41) is 9.19. The molecule has 0 aromatic heterocycles. The Bertz CT molecular complexity index is 286. The Hall–Kier alpha value is -0.860. The first-order chi connectivity index (χ1) is 7.40. The van der Waals surface area contributed by atoms with Crippen LogP contribution >= 0.6 is 0 Å². The molecule has 0 saturated carbocycles. The highest BCUT2D eigenvalue weighted by Crippen LogP contribution is 2.16. The minimum Gasteiger partial charge on any atom is -0.395 e. The molecule has 82 valence electrons.